The summed E-state index contributed by atoms with van der Waals surface area (Å²) in [4.78, 5) is 11.3. The first-order chi connectivity index (χ1) is 7.13. The van der Waals surface area contributed by atoms with Crippen molar-refractivity contribution in [3.05, 3.63) is 34.4 Å². The van der Waals surface area contributed by atoms with Crippen LogP contribution in [0.2, 0.25) is 0 Å². The lowest BCUT2D eigenvalue weighted by Gasteiger charge is -2.07. The number of nitriles is 1. The van der Waals surface area contributed by atoms with Crippen LogP contribution in [0.3, 0.4) is 0 Å². The van der Waals surface area contributed by atoms with Gasteiger partial charge in [-0.1, -0.05) is 0 Å². The van der Waals surface area contributed by atoms with Crippen LogP contribution in [-0.4, -0.2) is 18.2 Å². The number of hydrogen-bond donors (Lipinski definition) is 1. The molecule has 4 heteroatoms. The molecule has 0 bridgehead atoms. The lowest BCUT2D eigenvalue weighted by Crippen LogP contribution is -2.06. The number of aliphatic hydroxyl groups is 1. The third-order valence-electron chi connectivity index (χ3n) is 2.17. The molecule has 0 unspecified atom stereocenters. The predicted octanol–water partition coefficient (Wildman–Crippen LogP) is 1.15. The van der Waals surface area contributed by atoms with Crippen molar-refractivity contribution in [1.29, 1.82) is 5.26 Å². The van der Waals surface area contributed by atoms with Crippen LogP contribution in [0.15, 0.2) is 12.1 Å². The Bertz CT molecular complexity index is 432. The number of aryl methyl sites for hydroxylation is 1. The number of benzene rings is 1. The maximum absolute atomic E-state index is 11.3. The molecule has 0 amide bonds. The van der Waals surface area contributed by atoms with Crippen molar-refractivity contribution in [3.63, 3.8) is 0 Å². The van der Waals surface area contributed by atoms with Crippen LogP contribution in [0.5, 0.6) is 0 Å². The SMILES string of the molecule is COC(=O)c1cc(CO)c(C)cc1C#N. The molecule has 4 nitrogen and oxygen atoms in total. The smallest absolute Gasteiger partial charge is 0.339 e. The highest BCUT2D eigenvalue weighted by atomic mass is 16.5. The molecule has 0 fully saturated rings. The number of ether oxygens (including phenoxy) is 1. The van der Waals surface area contributed by atoms with E-state index >= 15 is 0 Å². The van der Waals surface area contributed by atoms with E-state index in [4.69, 9.17) is 10.4 Å². The number of rotatable bonds is 2. The molecule has 0 aliphatic heterocycles. The van der Waals surface area contributed by atoms with E-state index in [1.54, 1.807) is 13.0 Å². The number of methoxy groups -OCH3 is 1. The van der Waals surface area contributed by atoms with Gasteiger partial charge in [-0.2, -0.15) is 5.26 Å². The quantitative estimate of drug-likeness (QED) is 0.735. The van der Waals surface area contributed by atoms with Crippen molar-refractivity contribution in [2.45, 2.75) is 13.5 Å². The third-order valence-corrected chi connectivity index (χ3v) is 2.17. The molecule has 15 heavy (non-hydrogen) atoms. The fourth-order valence-electron chi connectivity index (χ4n) is 1.29. The third kappa shape index (κ3) is 2.14. The lowest BCUT2D eigenvalue weighted by molar-refractivity contribution is 0.0600. The van der Waals surface area contributed by atoms with Gasteiger partial charge in [0.05, 0.1) is 24.8 Å². The Morgan fingerprint density at radius 2 is 2.27 bits per heavy atom. The maximum atomic E-state index is 11.3. The molecule has 0 aliphatic carbocycles. The molecule has 0 saturated heterocycles. The van der Waals surface area contributed by atoms with Gasteiger partial charge in [0.25, 0.3) is 0 Å². The molecule has 1 N–H and O–H groups in total. The molecule has 0 atom stereocenters. The fourth-order valence-corrected chi connectivity index (χ4v) is 1.29. The summed E-state index contributed by atoms with van der Waals surface area (Å²) < 4.78 is 4.55. The summed E-state index contributed by atoms with van der Waals surface area (Å²) in [5.74, 6) is -0.568. The summed E-state index contributed by atoms with van der Waals surface area (Å²) in [6.07, 6.45) is 0. The van der Waals surface area contributed by atoms with E-state index in [1.807, 2.05) is 6.07 Å². The van der Waals surface area contributed by atoms with Crippen LogP contribution in [0.25, 0.3) is 0 Å². The van der Waals surface area contributed by atoms with Crippen LogP contribution in [0.1, 0.15) is 27.0 Å². The van der Waals surface area contributed by atoms with Crippen molar-refractivity contribution in [3.8, 4) is 6.07 Å². The number of nitrogens with zero attached hydrogens (tertiary/aromatic N) is 1. The second-order valence-corrected chi connectivity index (χ2v) is 3.09. The summed E-state index contributed by atoms with van der Waals surface area (Å²) in [5.41, 5.74) is 1.85. The highest BCUT2D eigenvalue weighted by molar-refractivity contribution is 5.92. The van der Waals surface area contributed by atoms with Crippen LogP contribution >= 0.6 is 0 Å². The fraction of sp³-hybridized carbons (Fsp3) is 0.273. The average Bonchev–Trinajstić information content (AvgIpc) is 2.27. The number of hydrogen-bond acceptors (Lipinski definition) is 4. The molecule has 0 aromatic heterocycles. The van der Waals surface area contributed by atoms with E-state index < -0.39 is 5.97 Å². The number of carbonyl (C=O) groups excluding carboxylic acids is 1. The van der Waals surface area contributed by atoms with Crippen LogP contribution in [0.4, 0.5) is 0 Å². The Hall–Kier alpha value is -1.86. The van der Waals surface area contributed by atoms with Gasteiger partial charge in [0.1, 0.15) is 6.07 Å². The average molecular weight is 205 g/mol. The first kappa shape index (κ1) is 11.2. The van der Waals surface area contributed by atoms with Gasteiger partial charge in [0.2, 0.25) is 0 Å². The Kier molecular flexibility index (Phi) is 3.42. The Morgan fingerprint density at radius 1 is 1.60 bits per heavy atom. The van der Waals surface area contributed by atoms with Crippen LogP contribution < -0.4 is 0 Å². The van der Waals surface area contributed by atoms with Gasteiger partial charge in [-0.25, -0.2) is 4.79 Å². The highest BCUT2D eigenvalue weighted by Gasteiger charge is 2.14. The molecule has 1 rings (SSSR count). The summed E-state index contributed by atoms with van der Waals surface area (Å²) >= 11 is 0. The summed E-state index contributed by atoms with van der Waals surface area (Å²) in [6, 6.07) is 4.97. The van der Waals surface area contributed by atoms with Gasteiger partial charge < -0.3 is 9.84 Å². The van der Waals surface area contributed by atoms with E-state index in [-0.39, 0.29) is 17.7 Å². The second kappa shape index (κ2) is 4.58. The van der Waals surface area contributed by atoms with E-state index in [9.17, 15) is 4.79 Å². The number of esters is 1. The van der Waals surface area contributed by atoms with Gasteiger partial charge >= 0.3 is 5.97 Å². The van der Waals surface area contributed by atoms with Gasteiger partial charge in [0.15, 0.2) is 0 Å². The van der Waals surface area contributed by atoms with E-state index in [0.29, 0.717) is 5.56 Å². The van der Waals surface area contributed by atoms with Crippen molar-refractivity contribution < 1.29 is 14.6 Å². The Labute approximate surface area is 87.7 Å². The summed E-state index contributed by atoms with van der Waals surface area (Å²) in [6.45, 7) is 1.61. The molecule has 1 aromatic carbocycles. The first-order valence-corrected chi connectivity index (χ1v) is 4.36. The topological polar surface area (TPSA) is 70.3 Å². The Balaban J connectivity index is 3.37. The van der Waals surface area contributed by atoms with Gasteiger partial charge in [0, 0.05) is 0 Å². The normalized spacial score (nSPS) is 9.47. The van der Waals surface area contributed by atoms with Gasteiger partial charge in [-0.3, -0.25) is 0 Å². The first-order valence-electron chi connectivity index (χ1n) is 4.36. The lowest BCUT2D eigenvalue weighted by atomic mass is 10.0. The molecule has 0 heterocycles. The summed E-state index contributed by atoms with van der Waals surface area (Å²) in [5, 5.41) is 17.9. The highest BCUT2D eigenvalue weighted by Crippen LogP contribution is 2.17. The van der Waals surface area contributed by atoms with Gasteiger partial charge in [-0.05, 0) is 30.2 Å². The molecule has 78 valence electrons. The second-order valence-electron chi connectivity index (χ2n) is 3.09. The van der Waals surface area contributed by atoms with Crippen molar-refractivity contribution in [1.82, 2.24) is 0 Å². The molecular formula is C11H11NO3. The molecule has 1 aromatic rings. The standard InChI is InChI=1S/C11H11NO3/c1-7-3-8(5-12)10(11(14)15-2)4-9(7)6-13/h3-4,13H,6H2,1-2H3. The van der Waals surface area contributed by atoms with Crippen LogP contribution in [0, 0.1) is 18.3 Å². The van der Waals surface area contributed by atoms with E-state index in [1.165, 1.54) is 13.2 Å². The summed E-state index contributed by atoms with van der Waals surface area (Å²) in [7, 11) is 1.25. The van der Waals surface area contributed by atoms with Crippen molar-refractivity contribution >= 4 is 5.97 Å². The number of carbonyl (C=O) groups is 1. The molecule has 0 saturated carbocycles. The zero-order valence-corrected chi connectivity index (χ0v) is 8.57. The molecule has 0 aliphatic rings. The minimum atomic E-state index is -0.568. The Morgan fingerprint density at radius 3 is 2.73 bits per heavy atom. The molecular weight excluding hydrogens is 194 g/mol. The zero-order chi connectivity index (χ0) is 11.4. The van der Waals surface area contributed by atoms with E-state index in [0.717, 1.165) is 5.56 Å². The largest absolute Gasteiger partial charge is 0.465 e. The van der Waals surface area contributed by atoms with Crippen molar-refractivity contribution in [2.75, 3.05) is 7.11 Å². The minimum Gasteiger partial charge on any atom is -0.465 e. The van der Waals surface area contributed by atoms with Crippen LogP contribution in [-0.2, 0) is 11.3 Å². The van der Waals surface area contributed by atoms with E-state index in [2.05, 4.69) is 4.74 Å². The predicted molar refractivity (Wildman–Crippen MR) is 53.2 cm³/mol. The monoisotopic (exact) mass is 205 g/mol. The molecule has 0 spiro atoms. The minimum absolute atomic E-state index is 0.165. The van der Waals surface area contributed by atoms with Gasteiger partial charge in [-0.15, -0.1) is 0 Å². The maximum Gasteiger partial charge on any atom is 0.339 e. The number of aliphatic hydroxyl groups excluding tert-OH is 1. The van der Waals surface area contributed by atoms with Crippen molar-refractivity contribution in [2.24, 2.45) is 0 Å². The molecule has 0 radical (unpaired) electrons. The zero-order valence-electron chi connectivity index (χ0n) is 8.57.